The summed E-state index contributed by atoms with van der Waals surface area (Å²) in [6, 6.07) is 0. The molecule has 0 aliphatic heterocycles. The summed E-state index contributed by atoms with van der Waals surface area (Å²) in [5.74, 6) is -2.10. The normalized spacial score (nSPS) is 11.5. The van der Waals surface area contributed by atoms with Crippen molar-refractivity contribution in [3.8, 4) is 0 Å². The molecule has 7 heteroatoms. The highest BCUT2D eigenvalue weighted by Gasteiger charge is 2.34. The predicted molar refractivity (Wildman–Crippen MR) is 52.3 cm³/mol. The molecule has 1 aromatic rings. The molecule has 0 aliphatic rings. The van der Waals surface area contributed by atoms with E-state index in [0.29, 0.717) is 18.4 Å². The second kappa shape index (κ2) is 5.11. The highest BCUT2D eigenvalue weighted by molar-refractivity contribution is 5.66. The van der Waals surface area contributed by atoms with Crippen molar-refractivity contribution < 1.29 is 23.1 Å². The van der Waals surface area contributed by atoms with Crippen LogP contribution in [-0.4, -0.2) is 21.0 Å². The van der Waals surface area contributed by atoms with Crippen LogP contribution in [0.15, 0.2) is 6.20 Å². The largest absolute Gasteiger partial charge is 0.481 e. The maximum atomic E-state index is 12.3. The maximum absolute atomic E-state index is 12.3. The molecule has 0 amide bonds. The number of alkyl halides is 3. The molecule has 0 aliphatic carbocycles. The lowest BCUT2D eigenvalue weighted by Crippen LogP contribution is -2.12. The SMILES string of the molecule is Cc1nc(C(F)(F)F)ncc1CCCC(=O)O. The van der Waals surface area contributed by atoms with Gasteiger partial charge in [0.25, 0.3) is 0 Å². The monoisotopic (exact) mass is 248 g/mol. The number of hydrogen-bond donors (Lipinski definition) is 1. The predicted octanol–water partition coefficient (Wildman–Crippen LogP) is 2.21. The lowest BCUT2D eigenvalue weighted by molar-refractivity contribution is -0.145. The van der Waals surface area contributed by atoms with Crippen molar-refractivity contribution in [1.29, 1.82) is 0 Å². The van der Waals surface area contributed by atoms with E-state index in [9.17, 15) is 18.0 Å². The molecule has 0 bridgehead atoms. The van der Waals surface area contributed by atoms with Crippen LogP contribution < -0.4 is 0 Å². The average Bonchev–Trinajstić information content (AvgIpc) is 2.18. The molecule has 1 N–H and O–H groups in total. The van der Waals surface area contributed by atoms with Crippen LogP contribution in [0.4, 0.5) is 13.2 Å². The summed E-state index contributed by atoms with van der Waals surface area (Å²) in [5.41, 5.74) is 0.775. The zero-order valence-corrected chi connectivity index (χ0v) is 9.08. The number of carbonyl (C=O) groups is 1. The van der Waals surface area contributed by atoms with E-state index in [1.54, 1.807) is 0 Å². The zero-order chi connectivity index (χ0) is 13.1. The molecule has 94 valence electrons. The van der Waals surface area contributed by atoms with Crippen LogP contribution in [0.1, 0.15) is 29.9 Å². The number of carboxylic acids is 1. The fraction of sp³-hybridized carbons (Fsp3) is 0.500. The lowest BCUT2D eigenvalue weighted by Gasteiger charge is -2.08. The third-order valence-electron chi connectivity index (χ3n) is 2.17. The fourth-order valence-electron chi connectivity index (χ4n) is 1.30. The Kier molecular flexibility index (Phi) is 4.03. The van der Waals surface area contributed by atoms with Crippen molar-refractivity contribution >= 4 is 5.97 Å². The Morgan fingerprint density at radius 2 is 2.12 bits per heavy atom. The van der Waals surface area contributed by atoms with Crippen molar-refractivity contribution in [2.75, 3.05) is 0 Å². The molecule has 0 spiro atoms. The number of halogens is 3. The second-order valence-electron chi connectivity index (χ2n) is 3.55. The highest BCUT2D eigenvalue weighted by Crippen LogP contribution is 2.26. The van der Waals surface area contributed by atoms with Gasteiger partial charge in [-0.3, -0.25) is 4.79 Å². The number of hydrogen-bond acceptors (Lipinski definition) is 3. The van der Waals surface area contributed by atoms with Crippen LogP contribution in [0.5, 0.6) is 0 Å². The Morgan fingerprint density at radius 3 is 2.59 bits per heavy atom. The van der Waals surface area contributed by atoms with E-state index in [1.807, 2.05) is 0 Å². The Morgan fingerprint density at radius 1 is 1.47 bits per heavy atom. The van der Waals surface area contributed by atoms with E-state index in [-0.39, 0.29) is 12.1 Å². The summed E-state index contributed by atoms with van der Waals surface area (Å²) in [7, 11) is 0. The van der Waals surface area contributed by atoms with E-state index in [1.165, 1.54) is 6.92 Å². The Labute approximate surface area is 95.5 Å². The summed E-state index contributed by atoms with van der Waals surface area (Å²) in [6.45, 7) is 1.45. The Balaban J connectivity index is 2.73. The standard InChI is InChI=1S/C10H11F3N2O2/c1-6-7(3-2-4-8(16)17)5-14-9(15-6)10(11,12)13/h5H,2-4H2,1H3,(H,16,17). The molecule has 17 heavy (non-hydrogen) atoms. The molecule has 0 fully saturated rings. The van der Waals surface area contributed by atoms with E-state index in [2.05, 4.69) is 9.97 Å². The van der Waals surface area contributed by atoms with E-state index < -0.39 is 18.0 Å². The molecule has 1 aromatic heterocycles. The van der Waals surface area contributed by atoms with Gasteiger partial charge in [0.05, 0.1) is 0 Å². The van der Waals surface area contributed by atoms with E-state index in [0.717, 1.165) is 6.20 Å². The molecule has 0 unspecified atom stereocenters. The molecule has 1 heterocycles. The van der Waals surface area contributed by atoms with Gasteiger partial charge in [0, 0.05) is 18.3 Å². The van der Waals surface area contributed by atoms with Crippen molar-refractivity contribution in [3.05, 3.63) is 23.3 Å². The number of aryl methyl sites for hydroxylation is 2. The van der Waals surface area contributed by atoms with Gasteiger partial charge in [-0.15, -0.1) is 0 Å². The quantitative estimate of drug-likeness (QED) is 0.887. The smallest absolute Gasteiger partial charge is 0.451 e. The minimum atomic E-state index is -4.55. The van der Waals surface area contributed by atoms with Crippen LogP contribution >= 0.6 is 0 Å². The molecular formula is C10H11F3N2O2. The lowest BCUT2D eigenvalue weighted by atomic mass is 10.1. The van der Waals surface area contributed by atoms with Crippen LogP contribution in [0.25, 0.3) is 0 Å². The maximum Gasteiger partial charge on any atom is 0.451 e. The summed E-state index contributed by atoms with van der Waals surface area (Å²) >= 11 is 0. The highest BCUT2D eigenvalue weighted by atomic mass is 19.4. The van der Waals surface area contributed by atoms with Crippen molar-refractivity contribution in [2.24, 2.45) is 0 Å². The van der Waals surface area contributed by atoms with E-state index >= 15 is 0 Å². The number of aromatic nitrogens is 2. The first kappa shape index (κ1) is 13.4. The average molecular weight is 248 g/mol. The first-order valence-electron chi connectivity index (χ1n) is 4.92. The van der Waals surface area contributed by atoms with Gasteiger partial charge in [0.1, 0.15) is 0 Å². The molecule has 0 saturated carbocycles. The third-order valence-corrected chi connectivity index (χ3v) is 2.17. The van der Waals surface area contributed by atoms with Crippen LogP contribution in [0.2, 0.25) is 0 Å². The molecule has 0 atom stereocenters. The van der Waals surface area contributed by atoms with Gasteiger partial charge in [-0.25, -0.2) is 9.97 Å². The van der Waals surface area contributed by atoms with Crippen LogP contribution in [-0.2, 0) is 17.4 Å². The summed E-state index contributed by atoms with van der Waals surface area (Å²) in [5, 5.41) is 8.43. The van der Waals surface area contributed by atoms with E-state index in [4.69, 9.17) is 5.11 Å². The minimum absolute atomic E-state index is 0.0273. The molecule has 0 radical (unpaired) electrons. The van der Waals surface area contributed by atoms with Crippen molar-refractivity contribution in [1.82, 2.24) is 9.97 Å². The second-order valence-corrected chi connectivity index (χ2v) is 3.55. The van der Waals surface area contributed by atoms with Gasteiger partial charge in [-0.05, 0) is 25.3 Å². The molecule has 0 aromatic carbocycles. The fourth-order valence-corrected chi connectivity index (χ4v) is 1.30. The van der Waals surface area contributed by atoms with Gasteiger partial charge in [-0.2, -0.15) is 13.2 Å². The summed E-state index contributed by atoms with van der Waals surface area (Å²) < 4.78 is 36.8. The molecule has 4 nitrogen and oxygen atoms in total. The number of rotatable bonds is 4. The number of nitrogens with zero attached hydrogens (tertiary/aromatic N) is 2. The Hall–Kier alpha value is -1.66. The van der Waals surface area contributed by atoms with Crippen molar-refractivity contribution in [2.45, 2.75) is 32.4 Å². The van der Waals surface area contributed by atoms with Crippen LogP contribution in [0, 0.1) is 6.92 Å². The topological polar surface area (TPSA) is 63.1 Å². The molecule has 0 saturated heterocycles. The van der Waals surface area contributed by atoms with Crippen LogP contribution in [0.3, 0.4) is 0 Å². The number of carboxylic acid groups (broad SMARTS) is 1. The van der Waals surface area contributed by atoms with Gasteiger partial charge >= 0.3 is 12.1 Å². The third kappa shape index (κ3) is 4.01. The number of aliphatic carboxylic acids is 1. The summed E-state index contributed by atoms with van der Waals surface area (Å²) in [4.78, 5) is 16.9. The first-order valence-corrected chi connectivity index (χ1v) is 4.92. The van der Waals surface area contributed by atoms with Gasteiger partial charge in [-0.1, -0.05) is 0 Å². The van der Waals surface area contributed by atoms with Gasteiger partial charge < -0.3 is 5.11 Å². The van der Waals surface area contributed by atoms with Crippen molar-refractivity contribution in [3.63, 3.8) is 0 Å². The molecule has 1 rings (SSSR count). The molecular weight excluding hydrogens is 237 g/mol. The minimum Gasteiger partial charge on any atom is -0.481 e. The van der Waals surface area contributed by atoms with Gasteiger partial charge in [0.15, 0.2) is 0 Å². The van der Waals surface area contributed by atoms with Gasteiger partial charge in [0.2, 0.25) is 5.82 Å². The first-order chi connectivity index (χ1) is 7.80. The zero-order valence-electron chi connectivity index (χ0n) is 9.08. The summed E-state index contributed by atoms with van der Waals surface area (Å²) in [6.07, 6.45) is -2.76. The Bertz CT molecular complexity index is 419.